The number of hydrogen-bond acceptors (Lipinski definition) is 6. The number of carbonyl (C=O) groups excluding carboxylic acids is 3. The maximum Gasteiger partial charge on any atom is 0.339 e. The van der Waals surface area contributed by atoms with Crippen molar-refractivity contribution in [3.63, 3.8) is 0 Å². The zero-order chi connectivity index (χ0) is 20.8. The number of furan rings is 1. The number of aromatic nitrogens is 1. The van der Waals surface area contributed by atoms with E-state index in [9.17, 15) is 14.4 Å². The summed E-state index contributed by atoms with van der Waals surface area (Å²) < 4.78 is 10.5. The Morgan fingerprint density at radius 2 is 1.97 bits per heavy atom. The van der Waals surface area contributed by atoms with Crippen LogP contribution in [-0.4, -0.2) is 42.0 Å². The molecule has 0 radical (unpaired) electrons. The Hall–Kier alpha value is -3.68. The van der Waals surface area contributed by atoms with Crippen LogP contribution in [0.15, 0.2) is 53.1 Å². The molecule has 3 aromatic rings. The van der Waals surface area contributed by atoms with Gasteiger partial charge in [0.2, 0.25) is 5.91 Å². The Morgan fingerprint density at radius 3 is 2.69 bits per heavy atom. The van der Waals surface area contributed by atoms with Gasteiger partial charge in [-0.05, 0) is 38.1 Å². The summed E-state index contributed by atoms with van der Waals surface area (Å²) in [6.07, 6.45) is 1.52. The van der Waals surface area contributed by atoms with Crippen LogP contribution in [0.5, 0.6) is 0 Å². The molecule has 150 valence electrons. The molecule has 8 nitrogen and oxygen atoms in total. The monoisotopic (exact) mass is 395 g/mol. The lowest BCUT2D eigenvalue weighted by atomic mass is 10.1. The number of hydrogen-bond donors (Lipinski definition) is 2. The number of ether oxygens (including phenoxy) is 1. The highest BCUT2D eigenvalue weighted by Gasteiger charge is 2.19. The minimum Gasteiger partial charge on any atom is -0.463 e. The number of amides is 2. The van der Waals surface area contributed by atoms with Gasteiger partial charge in [0.15, 0.2) is 12.4 Å². The molecule has 2 amide bonds. The van der Waals surface area contributed by atoms with E-state index in [2.05, 4.69) is 15.6 Å². The van der Waals surface area contributed by atoms with Crippen LogP contribution in [0, 0.1) is 0 Å². The van der Waals surface area contributed by atoms with Crippen LogP contribution in [-0.2, 0) is 14.3 Å². The fraction of sp³-hybridized carbons (Fsp3) is 0.238. The van der Waals surface area contributed by atoms with Crippen LogP contribution in [0.3, 0.4) is 0 Å². The summed E-state index contributed by atoms with van der Waals surface area (Å²) >= 11 is 0. The van der Waals surface area contributed by atoms with E-state index in [-0.39, 0.29) is 11.5 Å². The molecule has 2 aromatic heterocycles. The molecule has 0 unspecified atom stereocenters. The van der Waals surface area contributed by atoms with Crippen molar-refractivity contribution in [1.82, 2.24) is 15.6 Å². The second kappa shape index (κ2) is 9.01. The number of para-hydroxylation sites is 1. The first-order valence-corrected chi connectivity index (χ1v) is 9.17. The molecule has 2 heterocycles. The molecule has 0 aliphatic rings. The molecule has 29 heavy (non-hydrogen) atoms. The molecule has 0 fully saturated rings. The third kappa shape index (κ3) is 4.78. The van der Waals surface area contributed by atoms with E-state index < -0.39 is 24.5 Å². The van der Waals surface area contributed by atoms with Crippen LogP contribution >= 0.6 is 0 Å². The van der Waals surface area contributed by atoms with Gasteiger partial charge >= 0.3 is 5.97 Å². The summed E-state index contributed by atoms with van der Waals surface area (Å²) in [7, 11) is 0. The van der Waals surface area contributed by atoms with Crippen LogP contribution in [0.2, 0.25) is 0 Å². The molecule has 0 aliphatic carbocycles. The zero-order valence-corrected chi connectivity index (χ0v) is 16.1. The van der Waals surface area contributed by atoms with Gasteiger partial charge in [-0.15, -0.1) is 0 Å². The van der Waals surface area contributed by atoms with E-state index in [0.29, 0.717) is 28.9 Å². The van der Waals surface area contributed by atoms with Crippen molar-refractivity contribution in [3.8, 4) is 11.5 Å². The van der Waals surface area contributed by atoms with Gasteiger partial charge in [-0.25, -0.2) is 9.78 Å². The van der Waals surface area contributed by atoms with Gasteiger partial charge in [0.05, 0.1) is 17.3 Å². The number of nitrogens with zero attached hydrogens (tertiary/aromatic N) is 1. The molecule has 0 spiro atoms. The van der Waals surface area contributed by atoms with E-state index in [0.717, 1.165) is 0 Å². The van der Waals surface area contributed by atoms with Gasteiger partial charge < -0.3 is 19.8 Å². The quantitative estimate of drug-likeness (QED) is 0.594. The van der Waals surface area contributed by atoms with Crippen molar-refractivity contribution in [2.24, 2.45) is 0 Å². The molecular formula is C21H21N3O5. The van der Waals surface area contributed by atoms with Gasteiger partial charge in [0.1, 0.15) is 11.7 Å². The van der Waals surface area contributed by atoms with Crippen molar-refractivity contribution >= 4 is 28.7 Å². The fourth-order valence-electron chi connectivity index (χ4n) is 2.78. The number of esters is 1. The van der Waals surface area contributed by atoms with Gasteiger partial charge in [0, 0.05) is 11.9 Å². The number of likely N-dealkylation sites (N-methyl/N-ethyl adjacent to an activating group) is 1. The lowest BCUT2D eigenvalue weighted by molar-refractivity contribution is -0.130. The summed E-state index contributed by atoms with van der Waals surface area (Å²) in [5.41, 5.74) is 1.35. The number of pyridine rings is 1. The summed E-state index contributed by atoms with van der Waals surface area (Å²) in [4.78, 5) is 40.9. The Balaban J connectivity index is 1.75. The smallest absolute Gasteiger partial charge is 0.339 e. The average molecular weight is 395 g/mol. The number of nitrogens with one attached hydrogen (secondary N) is 2. The second-order valence-electron chi connectivity index (χ2n) is 6.31. The van der Waals surface area contributed by atoms with Crippen molar-refractivity contribution in [2.45, 2.75) is 19.9 Å². The number of fused-ring (bicyclic) bond motifs is 1. The van der Waals surface area contributed by atoms with Gasteiger partial charge in [0.25, 0.3) is 5.91 Å². The Kier molecular flexibility index (Phi) is 6.23. The number of carbonyl (C=O) groups is 3. The molecular weight excluding hydrogens is 374 g/mol. The molecule has 2 N–H and O–H groups in total. The third-order valence-corrected chi connectivity index (χ3v) is 4.17. The molecule has 8 heteroatoms. The minimum atomic E-state index is -0.728. The largest absolute Gasteiger partial charge is 0.463 e. The van der Waals surface area contributed by atoms with Crippen molar-refractivity contribution in [3.05, 3.63) is 54.3 Å². The van der Waals surface area contributed by atoms with Gasteiger partial charge in [-0.1, -0.05) is 18.2 Å². The summed E-state index contributed by atoms with van der Waals surface area (Å²) in [5.74, 6) is -1.03. The number of rotatable bonds is 7. The molecule has 0 bridgehead atoms. The predicted octanol–water partition coefficient (Wildman–Crippen LogP) is 2.29. The van der Waals surface area contributed by atoms with E-state index in [1.807, 2.05) is 6.07 Å². The maximum absolute atomic E-state index is 12.7. The van der Waals surface area contributed by atoms with Crippen molar-refractivity contribution < 1.29 is 23.5 Å². The topological polar surface area (TPSA) is 111 Å². The Morgan fingerprint density at radius 1 is 1.17 bits per heavy atom. The van der Waals surface area contributed by atoms with Gasteiger partial charge in [-0.2, -0.15) is 0 Å². The van der Waals surface area contributed by atoms with Crippen LogP contribution in [0.1, 0.15) is 24.2 Å². The van der Waals surface area contributed by atoms with Gasteiger partial charge in [-0.3, -0.25) is 9.59 Å². The van der Waals surface area contributed by atoms with E-state index >= 15 is 0 Å². The average Bonchev–Trinajstić information content (AvgIpc) is 3.26. The predicted molar refractivity (Wildman–Crippen MR) is 106 cm³/mol. The Bertz CT molecular complexity index is 1030. The number of benzene rings is 1. The standard InChI is InChI=1S/C21H21N3O5/c1-3-22-20(26)13(2)23-19(25)12-29-21(27)15-11-17(18-9-6-10-28-18)24-16-8-5-4-7-14(15)16/h4-11,13H,3,12H2,1-2H3,(H,22,26)(H,23,25)/t13-/m0/s1. The molecule has 1 atom stereocenters. The lowest BCUT2D eigenvalue weighted by Gasteiger charge is -2.13. The van der Waals surface area contributed by atoms with Crippen LogP contribution in [0.4, 0.5) is 0 Å². The molecule has 0 saturated carbocycles. The summed E-state index contributed by atoms with van der Waals surface area (Å²) in [6.45, 7) is 3.29. The third-order valence-electron chi connectivity index (χ3n) is 4.17. The summed E-state index contributed by atoms with van der Waals surface area (Å²) in [6, 6.07) is 11.4. The van der Waals surface area contributed by atoms with Crippen molar-refractivity contribution in [2.75, 3.05) is 13.2 Å². The van der Waals surface area contributed by atoms with Crippen LogP contribution in [0.25, 0.3) is 22.4 Å². The lowest BCUT2D eigenvalue weighted by Crippen LogP contribution is -2.46. The molecule has 0 saturated heterocycles. The van der Waals surface area contributed by atoms with Crippen molar-refractivity contribution in [1.29, 1.82) is 0 Å². The van der Waals surface area contributed by atoms with E-state index in [4.69, 9.17) is 9.15 Å². The second-order valence-corrected chi connectivity index (χ2v) is 6.31. The molecule has 0 aliphatic heterocycles. The maximum atomic E-state index is 12.7. The van der Waals surface area contributed by atoms with Crippen LogP contribution < -0.4 is 10.6 Å². The fourth-order valence-corrected chi connectivity index (χ4v) is 2.78. The highest BCUT2D eigenvalue weighted by atomic mass is 16.5. The summed E-state index contributed by atoms with van der Waals surface area (Å²) in [5, 5.41) is 5.69. The highest BCUT2D eigenvalue weighted by molar-refractivity contribution is 6.05. The normalized spacial score (nSPS) is 11.7. The first-order chi connectivity index (χ1) is 14.0. The SMILES string of the molecule is CCNC(=O)[C@H](C)NC(=O)COC(=O)c1cc(-c2ccco2)nc2ccccc12. The van der Waals surface area contributed by atoms with E-state index in [1.54, 1.807) is 50.2 Å². The molecule has 1 aromatic carbocycles. The first-order valence-electron chi connectivity index (χ1n) is 9.17. The molecule has 3 rings (SSSR count). The minimum absolute atomic E-state index is 0.270. The first kappa shape index (κ1) is 20.1. The highest BCUT2D eigenvalue weighted by Crippen LogP contribution is 2.25. The zero-order valence-electron chi connectivity index (χ0n) is 16.1. The Labute approximate surface area is 167 Å². The van der Waals surface area contributed by atoms with E-state index in [1.165, 1.54) is 6.26 Å².